The summed E-state index contributed by atoms with van der Waals surface area (Å²) in [7, 11) is 0. The van der Waals surface area contributed by atoms with Gasteiger partial charge in [-0.3, -0.25) is 4.68 Å². The zero-order valence-corrected chi connectivity index (χ0v) is 12.4. The molecule has 0 bridgehead atoms. The van der Waals surface area contributed by atoms with Crippen molar-refractivity contribution in [2.75, 3.05) is 6.54 Å². The fourth-order valence-electron chi connectivity index (χ4n) is 2.30. The molecule has 21 heavy (non-hydrogen) atoms. The SMILES string of the molecule is Cc1cc(C)n(CCCNCc2cc(F)ccc2C#N)n1. The van der Waals surface area contributed by atoms with Gasteiger partial charge >= 0.3 is 0 Å². The van der Waals surface area contributed by atoms with E-state index in [0.717, 1.165) is 30.9 Å². The van der Waals surface area contributed by atoms with Gasteiger partial charge in [-0.05, 0) is 56.6 Å². The summed E-state index contributed by atoms with van der Waals surface area (Å²) in [6, 6.07) is 8.37. The van der Waals surface area contributed by atoms with Crippen molar-refractivity contribution in [3.63, 3.8) is 0 Å². The molecule has 0 atom stereocenters. The fourth-order valence-corrected chi connectivity index (χ4v) is 2.30. The molecule has 1 aromatic carbocycles. The molecule has 0 amide bonds. The van der Waals surface area contributed by atoms with Gasteiger partial charge < -0.3 is 5.32 Å². The van der Waals surface area contributed by atoms with Gasteiger partial charge in [0.15, 0.2) is 0 Å². The van der Waals surface area contributed by atoms with E-state index >= 15 is 0 Å². The second kappa shape index (κ2) is 7.00. The minimum atomic E-state index is -0.312. The largest absolute Gasteiger partial charge is 0.313 e. The number of hydrogen-bond acceptors (Lipinski definition) is 3. The molecule has 0 saturated heterocycles. The highest BCUT2D eigenvalue weighted by Crippen LogP contribution is 2.10. The lowest BCUT2D eigenvalue weighted by molar-refractivity contribution is 0.531. The Hall–Kier alpha value is -2.19. The Balaban J connectivity index is 1.79. The lowest BCUT2D eigenvalue weighted by atomic mass is 10.1. The van der Waals surface area contributed by atoms with Crippen LogP contribution < -0.4 is 5.32 Å². The molecule has 0 aliphatic heterocycles. The first-order valence-corrected chi connectivity index (χ1v) is 7.00. The first-order chi connectivity index (χ1) is 10.1. The molecule has 0 aliphatic carbocycles. The van der Waals surface area contributed by atoms with Crippen molar-refractivity contribution in [1.29, 1.82) is 5.26 Å². The van der Waals surface area contributed by atoms with Crippen molar-refractivity contribution < 1.29 is 4.39 Å². The standard InChI is InChI=1S/C16H19FN4/c1-12-8-13(2)21(20-12)7-3-6-19-11-15-9-16(17)5-4-14(15)10-18/h4-5,8-9,19H,3,6-7,11H2,1-2H3. The quantitative estimate of drug-likeness (QED) is 0.831. The molecule has 1 aromatic heterocycles. The van der Waals surface area contributed by atoms with E-state index in [-0.39, 0.29) is 5.82 Å². The van der Waals surface area contributed by atoms with Gasteiger partial charge in [0.2, 0.25) is 0 Å². The van der Waals surface area contributed by atoms with Crippen molar-refractivity contribution >= 4 is 0 Å². The maximum absolute atomic E-state index is 13.2. The first-order valence-electron chi connectivity index (χ1n) is 7.00. The number of hydrogen-bond donors (Lipinski definition) is 1. The molecule has 1 N–H and O–H groups in total. The molecule has 5 heteroatoms. The summed E-state index contributed by atoms with van der Waals surface area (Å²) in [6.07, 6.45) is 0.930. The number of nitrogens with zero attached hydrogens (tertiary/aromatic N) is 3. The van der Waals surface area contributed by atoms with Crippen molar-refractivity contribution in [2.45, 2.75) is 33.4 Å². The summed E-state index contributed by atoms with van der Waals surface area (Å²) < 4.78 is 15.2. The van der Waals surface area contributed by atoms with Crippen molar-refractivity contribution in [3.05, 3.63) is 52.6 Å². The van der Waals surface area contributed by atoms with Gasteiger partial charge in [0.05, 0.1) is 17.3 Å². The molecule has 0 saturated carbocycles. The Kier molecular flexibility index (Phi) is 5.07. The lowest BCUT2D eigenvalue weighted by Gasteiger charge is -2.08. The second-order valence-electron chi connectivity index (χ2n) is 5.09. The van der Waals surface area contributed by atoms with Gasteiger partial charge in [-0.1, -0.05) is 0 Å². The number of halogens is 1. The summed E-state index contributed by atoms with van der Waals surface area (Å²) in [4.78, 5) is 0. The molecular weight excluding hydrogens is 267 g/mol. The van der Waals surface area contributed by atoms with E-state index in [1.807, 2.05) is 18.5 Å². The number of benzene rings is 1. The van der Waals surface area contributed by atoms with Crippen LogP contribution in [0.15, 0.2) is 24.3 Å². The van der Waals surface area contributed by atoms with Crippen molar-refractivity contribution in [2.24, 2.45) is 0 Å². The van der Waals surface area contributed by atoms with Crippen LogP contribution in [0, 0.1) is 31.0 Å². The topological polar surface area (TPSA) is 53.6 Å². The van der Waals surface area contributed by atoms with Crippen LogP contribution in [0.25, 0.3) is 0 Å². The van der Waals surface area contributed by atoms with Gasteiger partial charge in [0, 0.05) is 18.8 Å². The number of nitriles is 1. The molecule has 0 radical (unpaired) electrons. The first kappa shape index (κ1) is 15.2. The van der Waals surface area contributed by atoms with Crippen LogP contribution in [0.1, 0.15) is 28.9 Å². The predicted octanol–water partition coefficient (Wildman–Crippen LogP) is 2.69. The average molecular weight is 286 g/mol. The molecule has 0 fully saturated rings. The second-order valence-corrected chi connectivity index (χ2v) is 5.09. The Morgan fingerprint density at radius 3 is 2.81 bits per heavy atom. The predicted molar refractivity (Wildman–Crippen MR) is 79.1 cm³/mol. The maximum Gasteiger partial charge on any atom is 0.123 e. The molecule has 0 aliphatic rings. The van der Waals surface area contributed by atoms with Crippen LogP contribution in [0.3, 0.4) is 0 Å². The van der Waals surface area contributed by atoms with E-state index in [1.165, 1.54) is 18.2 Å². The van der Waals surface area contributed by atoms with Crippen LogP contribution in [0.5, 0.6) is 0 Å². The van der Waals surface area contributed by atoms with Gasteiger partial charge in [-0.15, -0.1) is 0 Å². The fraction of sp³-hybridized carbons (Fsp3) is 0.375. The van der Waals surface area contributed by atoms with E-state index < -0.39 is 0 Å². The summed E-state index contributed by atoms with van der Waals surface area (Å²) in [5.74, 6) is -0.312. The summed E-state index contributed by atoms with van der Waals surface area (Å²) in [5, 5.41) is 16.6. The number of rotatable bonds is 6. The highest BCUT2D eigenvalue weighted by molar-refractivity contribution is 5.37. The monoisotopic (exact) mass is 286 g/mol. The maximum atomic E-state index is 13.2. The number of nitrogens with one attached hydrogen (secondary N) is 1. The van der Waals surface area contributed by atoms with Crippen LogP contribution in [0.2, 0.25) is 0 Å². The molecular formula is C16H19FN4. The Morgan fingerprint density at radius 2 is 2.14 bits per heavy atom. The smallest absolute Gasteiger partial charge is 0.123 e. The number of aromatic nitrogens is 2. The summed E-state index contributed by atoms with van der Waals surface area (Å²) in [5.41, 5.74) is 3.40. The molecule has 2 aromatic rings. The van der Waals surface area contributed by atoms with Crippen LogP contribution in [-0.2, 0) is 13.1 Å². The molecule has 1 heterocycles. The number of aryl methyl sites for hydroxylation is 3. The summed E-state index contributed by atoms with van der Waals surface area (Å²) in [6.45, 7) is 6.16. The summed E-state index contributed by atoms with van der Waals surface area (Å²) >= 11 is 0. The van der Waals surface area contributed by atoms with Gasteiger partial charge in [0.25, 0.3) is 0 Å². The zero-order chi connectivity index (χ0) is 15.2. The third kappa shape index (κ3) is 4.14. The van der Waals surface area contributed by atoms with Crippen molar-refractivity contribution in [1.82, 2.24) is 15.1 Å². The highest BCUT2D eigenvalue weighted by atomic mass is 19.1. The Labute approximate surface area is 124 Å². The van der Waals surface area contributed by atoms with Crippen LogP contribution in [0.4, 0.5) is 4.39 Å². The van der Waals surface area contributed by atoms with Crippen LogP contribution in [-0.4, -0.2) is 16.3 Å². The molecule has 110 valence electrons. The van der Waals surface area contributed by atoms with Gasteiger partial charge in [-0.2, -0.15) is 10.4 Å². The Bertz CT molecular complexity index is 655. The van der Waals surface area contributed by atoms with Gasteiger partial charge in [0.1, 0.15) is 5.82 Å². The normalized spacial score (nSPS) is 10.6. The van der Waals surface area contributed by atoms with Crippen LogP contribution >= 0.6 is 0 Å². The third-order valence-electron chi connectivity index (χ3n) is 3.33. The molecule has 0 unspecified atom stereocenters. The van der Waals surface area contributed by atoms with E-state index in [1.54, 1.807) is 0 Å². The average Bonchev–Trinajstić information content (AvgIpc) is 2.77. The Morgan fingerprint density at radius 1 is 1.33 bits per heavy atom. The van der Waals surface area contributed by atoms with Crippen molar-refractivity contribution in [3.8, 4) is 6.07 Å². The van der Waals surface area contributed by atoms with E-state index in [9.17, 15) is 4.39 Å². The molecule has 2 rings (SSSR count). The molecule has 4 nitrogen and oxygen atoms in total. The minimum Gasteiger partial charge on any atom is -0.313 e. The zero-order valence-electron chi connectivity index (χ0n) is 12.4. The lowest BCUT2D eigenvalue weighted by Crippen LogP contribution is -2.18. The van der Waals surface area contributed by atoms with Gasteiger partial charge in [-0.25, -0.2) is 4.39 Å². The van der Waals surface area contributed by atoms with E-state index in [4.69, 9.17) is 5.26 Å². The third-order valence-corrected chi connectivity index (χ3v) is 3.33. The van der Waals surface area contributed by atoms with E-state index in [2.05, 4.69) is 22.6 Å². The van der Waals surface area contributed by atoms with E-state index in [0.29, 0.717) is 17.7 Å². The minimum absolute atomic E-state index is 0.312. The molecule has 0 spiro atoms. The highest BCUT2D eigenvalue weighted by Gasteiger charge is 2.04.